The molecule has 0 aliphatic carbocycles. The second-order valence-corrected chi connectivity index (χ2v) is 3.83. The maximum absolute atomic E-state index is 11.7. The Morgan fingerprint density at radius 3 is 2.74 bits per heavy atom. The molecule has 0 saturated heterocycles. The molecule has 0 aliphatic heterocycles. The molecule has 0 amide bonds. The Labute approximate surface area is 108 Å². The van der Waals surface area contributed by atoms with Crippen molar-refractivity contribution in [3.8, 4) is 5.88 Å². The van der Waals surface area contributed by atoms with E-state index >= 15 is 0 Å². The Bertz CT molecular complexity index is 664. The van der Waals surface area contributed by atoms with Crippen LogP contribution in [-0.2, 0) is 6.54 Å². The van der Waals surface area contributed by atoms with E-state index in [0.717, 1.165) is 0 Å². The van der Waals surface area contributed by atoms with Gasteiger partial charge in [0.1, 0.15) is 0 Å². The van der Waals surface area contributed by atoms with Crippen LogP contribution in [0.15, 0.2) is 41.2 Å². The Kier molecular flexibility index (Phi) is 3.61. The molecule has 6 nitrogen and oxygen atoms in total. The summed E-state index contributed by atoms with van der Waals surface area (Å²) in [5, 5.41) is 13.1. The van der Waals surface area contributed by atoms with Crippen LogP contribution in [0.1, 0.15) is 15.9 Å². The highest BCUT2D eigenvalue weighted by molar-refractivity contribution is 5.89. The number of rotatable bonds is 4. The average Bonchev–Trinajstić information content (AvgIpc) is 2.41. The average molecular weight is 260 g/mol. The number of aromatic carboxylic acids is 1. The zero-order chi connectivity index (χ0) is 13.8. The first-order valence-corrected chi connectivity index (χ1v) is 5.55. The molecule has 6 heteroatoms. The summed E-state index contributed by atoms with van der Waals surface area (Å²) in [5.41, 5.74) is 0.345. The van der Waals surface area contributed by atoms with E-state index < -0.39 is 5.97 Å². The molecule has 0 aliphatic rings. The van der Waals surface area contributed by atoms with Crippen LogP contribution in [0.25, 0.3) is 0 Å². The number of hydrogen-bond donors (Lipinski definition) is 1. The molecule has 0 radical (unpaired) electrons. The summed E-state index contributed by atoms with van der Waals surface area (Å²) in [5.74, 6) is -0.737. The molecule has 2 rings (SSSR count). The summed E-state index contributed by atoms with van der Waals surface area (Å²) in [4.78, 5) is 22.8. The van der Waals surface area contributed by atoms with E-state index in [0.29, 0.717) is 11.4 Å². The zero-order valence-corrected chi connectivity index (χ0v) is 10.2. The maximum atomic E-state index is 11.7. The number of benzene rings is 1. The molecule has 0 fully saturated rings. The molecular weight excluding hydrogens is 248 g/mol. The highest BCUT2D eigenvalue weighted by atomic mass is 16.5. The molecule has 1 aromatic heterocycles. The van der Waals surface area contributed by atoms with Crippen LogP contribution in [0.2, 0.25) is 0 Å². The third kappa shape index (κ3) is 2.79. The standard InChI is InChI=1S/C13H12N2O4/c1-19-11-6-7-12(16)15(14-11)8-9-4-2-3-5-10(9)13(17)18/h2-7H,8H2,1H3,(H,17,18). The molecule has 1 heterocycles. The number of nitrogens with zero attached hydrogens (tertiary/aromatic N) is 2. The summed E-state index contributed by atoms with van der Waals surface area (Å²) >= 11 is 0. The van der Waals surface area contributed by atoms with Crippen LogP contribution >= 0.6 is 0 Å². The molecule has 0 spiro atoms. The predicted octanol–water partition coefficient (Wildman–Crippen LogP) is 0.998. The van der Waals surface area contributed by atoms with Crippen LogP contribution in [-0.4, -0.2) is 28.0 Å². The second kappa shape index (κ2) is 5.34. The molecule has 1 aromatic carbocycles. The van der Waals surface area contributed by atoms with E-state index in [1.165, 1.54) is 30.0 Å². The summed E-state index contributed by atoms with van der Waals surface area (Å²) in [7, 11) is 1.45. The molecular formula is C13H12N2O4. The first kappa shape index (κ1) is 12.8. The Balaban J connectivity index is 2.41. The van der Waals surface area contributed by atoms with E-state index in [4.69, 9.17) is 9.84 Å². The third-order valence-electron chi connectivity index (χ3n) is 2.62. The van der Waals surface area contributed by atoms with Crippen molar-refractivity contribution >= 4 is 5.97 Å². The van der Waals surface area contributed by atoms with Crippen molar-refractivity contribution in [3.05, 3.63) is 57.9 Å². The first-order valence-electron chi connectivity index (χ1n) is 5.55. The lowest BCUT2D eigenvalue weighted by molar-refractivity contribution is 0.0695. The van der Waals surface area contributed by atoms with Gasteiger partial charge in [-0.25, -0.2) is 9.48 Å². The van der Waals surface area contributed by atoms with Crippen LogP contribution < -0.4 is 10.3 Å². The van der Waals surface area contributed by atoms with Crippen LogP contribution in [0.4, 0.5) is 0 Å². The van der Waals surface area contributed by atoms with Crippen molar-refractivity contribution in [2.45, 2.75) is 6.54 Å². The van der Waals surface area contributed by atoms with Crippen molar-refractivity contribution < 1.29 is 14.6 Å². The third-order valence-corrected chi connectivity index (χ3v) is 2.62. The Morgan fingerprint density at radius 2 is 2.05 bits per heavy atom. The fourth-order valence-corrected chi connectivity index (χ4v) is 1.68. The summed E-state index contributed by atoms with van der Waals surface area (Å²) in [6.07, 6.45) is 0. The van der Waals surface area contributed by atoms with Gasteiger partial charge >= 0.3 is 5.97 Å². The van der Waals surface area contributed by atoms with Gasteiger partial charge in [0.15, 0.2) is 0 Å². The minimum Gasteiger partial charge on any atom is -0.480 e. The number of methoxy groups -OCH3 is 1. The molecule has 0 atom stereocenters. The van der Waals surface area contributed by atoms with Gasteiger partial charge in [0.25, 0.3) is 5.56 Å². The lowest BCUT2D eigenvalue weighted by atomic mass is 10.1. The van der Waals surface area contributed by atoms with Gasteiger partial charge in [-0.2, -0.15) is 0 Å². The van der Waals surface area contributed by atoms with Crippen molar-refractivity contribution in [2.24, 2.45) is 0 Å². The highest BCUT2D eigenvalue weighted by Crippen LogP contribution is 2.10. The fourth-order valence-electron chi connectivity index (χ4n) is 1.68. The normalized spacial score (nSPS) is 10.2. The summed E-state index contributed by atoms with van der Waals surface area (Å²) in [6.45, 7) is 0.0819. The second-order valence-electron chi connectivity index (χ2n) is 3.83. The lowest BCUT2D eigenvalue weighted by Crippen LogP contribution is -2.23. The number of carbonyl (C=O) groups is 1. The van der Waals surface area contributed by atoms with E-state index in [1.807, 2.05) is 0 Å². The van der Waals surface area contributed by atoms with Crippen LogP contribution in [0.5, 0.6) is 5.88 Å². The van der Waals surface area contributed by atoms with Gasteiger partial charge in [0, 0.05) is 12.1 Å². The monoisotopic (exact) mass is 260 g/mol. The van der Waals surface area contributed by atoms with Gasteiger partial charge in [-0.15, -0.1) is 5.10 Å². The molecule has 98 valence electrons. The van der Waals surface area contributed by atoms with E-state index in [-0.39, 0.29) is 17.7 Å². The van der Waals surface area contributed by atoms with E-state index in [1.54, 1.807) is 18.2 Å². The van der Waals surface area contributed by atoms with Crippen molar-refractivity contribution in [1.82, 2.24) is 9.78 Å². The summed E-state index contributed by atoms with van der Waals surface area (Å²) in [6, 6.07) is 9.28. The van der Waals surface area contributed by atoms with Gasteiger partial charge in [0.05, 0.1) is 19.2 Å². The summed E-state index contributed by atoms with van der Waals surface area (Å²) < 4.78 is 6.11. The number of carboxylic acid groups (broad SMARTS) is 1. The molecule has 0 saturated carbocycles. The van der Waals surface area contributed by atoms with Gasteiger partial charge in [-0.05, 0) is 11.6 Å². The van der Waals surface area contributed by atoms with Gasteiger partial charge in [-0.1, -0.05) is 18.2 Å². The van der Waals surface area contributed by atoms with Crippen molar-refractivity contribution in [3.63, 3.8) is 0 Å². The number of ether oxygens (including phenoxy) is 1. The highest BCUT2D eigenvalue weighted by Gasteiger charge is 2.10. The molecule has 0 unspecified atom stereocenters. The first-order chi connectivity index (χ1) is 9.11. The van der Waals surface area contributed by atoms with E-state index in [9.17, 15) is 9.59 Å². The molecule has 0 bridgehead atoms. The number of carboxylic acids is 1. The smallest absolute Gasteiger partial charge is 0.336 e. The van der Waals surface area contributed by atoms with Crippen molar-refractivity contribution in [2.75, 3.05) is 7.11 Å². The molecule has 19 heavy (non-hydrogen) atoms. The Morgan fingerprint density at radius 1 is 1.32 bits per heavy atom. The van der Waals surface area contributed by atoms with Crippen LogP contribution in [0, 0.1) is 0 Å². The van der Waals surface area contributed by atoms with Crippen molar-refractivity contribution in [1.29, 1.82) is 0 Å². The van der Waals surface area contributed by atoms with Gasteiger partial charge in [0.2, 0.25) is 5.88 Å². The fraction of sp³-hybridized carbons (Fsp3) is 0.154. The topological polar surface area (TPSA) is 81.4 Å². The quantitative estimate of drug-likeness (QED) is 0.886. The minimum absolute atomic E-state index is 0.0819. The molecule has 2 aromatic rings. The predicted molar refractivity (Wildman–Crippen MR) is 67.6 cm³/mol. The molecule has 1 N–H and O–H groups in total. The van der Waals surface area contributed by atoms with Gasteiger partial charge in [-0.3, -0.25) is 4.79 Å². The minimum atomic E-state index is -1.04. The Hall–Kier alpha value is -2.63. The number of aromatic nitrogens is 2. The van der Waals surface area contributed by atoms with Gasteiger partial charge < -0.3 is 9.84 Å². The van der Waals surface area contributed by atoms with E-state index in [2.05, 4.69) is 5.10 Å². The number of hydrogen-bond acceptors (Lipinski definition) is 4. The van der Waals surface area contributed by atoms with Crippen LogP contribution in [0.3, 0.4) is 0 Å². The zero-order valence-electron chi connectivity index (χ0n) is 10.2. The maximum Gasteiger partial charge on any atom is 0.336 e. The SMILES string of the molecule is COc1ccc(=O)n(Cc2ccccc2C(=O)O)n1. The largest absolute Gasteiger partial charge is 0.480 e. The lowest BCUT2D eigenvalue weighted by Gasteiger charge is -2.08.